The molecule has 1 aromatic carbocycles. The van der Waals surface area contributed by atoms with Crippen LogP contribution in [0.1, 0.15) is 46.1 Å². The number of phenolic OH excluding ortho intramolecular Hbond substituents is 1. The van der Waals surface area contributed by atoms with Crippen molar-refractivity contribution in [3.63, 3.8) is 0 Å². The Morgan fingerprint density at radius 1 is 1.45 bits per heavy atom. The van der Waals surface area contributed by atoms with E-state index in [-0.39, 0.29) is 10.6 Å². The average Bonchev–Trinajstić information content (AvgIpc) is 2.63. The number of carbonyl (C=O) groups excluding carboxylic acids is 1. The summed E-state index contributed by atoms with van der Waals surface area (Å²) in [5.41, 5.74) is -1.48. The quantitative estimate of drug-likeness (QED) is 0.817. The minimum atomic E-state index is -3.68. The van der Waals surface area contributed by atoms with Crippen LogP contribution in [0.2, 0.25) is 0 Å². The number of nitrogens with zero attached hydrogens (tertiary/aromatic N) is 1. The summed E-state index contributed by atoms with van der Waals surface area (Å²) in [6.07, 6.45) is -7.18. The van der Waals surface area contributed by atoms with Gasteiger partial charge in [-0.15, -0.1) is 0 Å². The van der Waals surface area contributed by atoms with Crippen molar-refractivity contribution in [3.8, 4) is 17.2 Å². The summed E-state index contributed by atoms with van der Waals surface area (Å²) in [4.78, 5) is 12.3. The number of likely N-dealkylation sites (tertiary alicyclic amines) is 1. The van der Waals surface area contributed by atoms with E-state index in [1.165, 1.54) is 7.11 Å². The Bertz CT molecular complexity index is 861. The molecule has 2 unspecified atom stereocenters. The summed E-state index contributed by atoms with van der Waals surface area (Å²) in [5.74, 6) is -6.08. The van der Waals surface area contributed by atoms with Crippen LogP contribution in [0.4, 0.5) is 0 Å². The SMILES string of the molecule is [2H]C1([2H])N(C)C([2H])([2H])C([2H])(O)C([2H])(c2c(OC)cc(OC)c(C(C)=O)c2O)C1([2H])[2H]. The van der Waals surface area contributed by atoms with Crippen LogP contribution in [0.3, 0.4) is 0 Å². The van der Waals surface area contributed by atoms with E-state index in [4.69, 9.17) is 20.4 Å². The number of Topliss-reactive ketones (excluding diaryl/α,β-unsaturated/α-hetero) is 1. The molecule has 1 aliphatic rings. The largest absolute Gasteiger partial charge is 0.507 e. The van der Waals surface area contributed by atoms with Gasteiger partial charge in [0.25, 0.3) is 0 Å². The summed E-state index contributed by atoms with van der Waals surface area (Å²) >= 11 is 0. The van der Waals surface area contributed by atoms with Gasteiger partial charge in [0.2, 0.25) is 0 Å². The third-order valence-corrected chi connectivity index (χ3v) is 3.13. The molecule has 1 saturated heterocycles. The van der Waals surface area contributed by atoms with Gasteiger partial charge in [0, 0.05) is 33.6 Å². The van der Waals surface area contributed by atoms with Crippen molar-refractivity contribution in [1.82, 2.24) is 4.90 Å². The molecule has 1 aromatic rings. The van der Waals surface area contributed by atoms with Crippen LogP contribution in [0, 0.1) is 0 Å². The maximum absolute atomic E-state index is 12.1. The Morgan fingerprint density at radius 2 is 2.09 bits per heavy atom. The predicted molar refractivity (Wildman–Crippen MR) is 82.1 cm³/mol. The summed E-state index contributed by atoms with van der Waals surface area (Å²) in [6.45, 7) is -5.50. The average molecular weight is 317 g/mol. The lowest BCUT2D eigenvalue weighted by Gasteiger charge is -2.35. The van der Waals surface area contributed by atoms with E-state index in [0.717, 1.165) is 27.1 Å². The van der Waals surface area contributed by atoms with Gasteiger partial charge in [-0.2, -0.15) is 0 Å². The van der Waals surface area contributed by atoms with E-state index < -0.39 is 59.7 Å². The van der Waals surface area contributed by atoms with Gasteiger partial charge in [-0.3, -0.25) is 4.79 Å². The molecule has 2 rings (SSSR count). The van der Waals surface area contributed by atoms with Crippen molar-refractivity contribution in [3.05, 3.63) is 17.2 Å². The number of hydrogen-bond acceptors (Lipinski definition) is 6. The van der Waals surface area contributed by atoms with Crippen LogP contribution in [0.25, 0.3) is 0 Å². The fourth-order valence-corrected chi connectivity index (χ4v) is 2.15. The molecular formula is C16H23NO5. The smallest absolute Gasteiger partial charge is 0.167 e. The Hall–Kier alpha value is -1.79. The zero-order valence-electron chi connectivity index (χ0n) is 20.6. The summed E-state index contributed by atoms with van der Waals surface area (Å²) < 4.78 is 76.4. The van der Waals surface area contributed by atoms with E-state index in [0.29, 0.717) is 0 Å². The fraction of sp³-hybridized carbons (Fsp3) is 0.562. The van der Waals surface area contributed by atoms with Gasteiger partial charge in [0.05, 0.1) is 21.7 Å². The van der Waals surface area contributed by atoms with Crippen LogP contribution in [0.5, 0.6) is 17.2 Å². The number of phenols is 1. The molecule has 1 heterocycles. The topological polar surface area (TPSA) is 79.2 Å². The highest BCUT2D eigenvalue weighted by atomic mass is 16.5. The first-order chi connectivity index (χ1) is 13.4. The number of carbonyl (C=O) groups is 1. The maximum Gasteiger partial charge on any atom is 0.167 e. The van der Waals surface area contributed by atoms with E-state index in [2.05, 4.69) is 0 Å². The van der Waals surface area contributed by atoms with E-state index in [1.807, 2.05) is 0 Å². The summed E-state index contributed by atoms with van der Waals surface area (Å²) in [5, 5.41) is 21.7. The number of methoxy groups -OCH3 is 2. The van der Waals surface area contributed by atoms with E-state index >= 15 is 0 Å². The molecule has 0 amide bonds. The molecule has 0 saturated carbocycles. The molecule has 6 nitrogen and oxygen atoms in total. The van der Waals surface area contributed by atoms with Crippen LogP contribution < -0.4 is 9.47 Å². The van der Waals surface area contributed by atoms with E-state index in [1.54, 1.807) is 0 Å². The Labute approximate surface area is 141 Å². The minimum absolute atomic E-state index is 0.179. The van der Waals surface area contributed by atoms with Crippen LogP contribution in [-0.2, 0) is 0 Å². The molecule has 0 aromatic heterocycles. The van der Waals surface area contributed by atoms with Crippen molar-refractivity contribution in [1.29, 1.82) is 0 Å². The highest BCUT2D eigenvalue weighted by Gasteiger charge is 2.34. The highest BCUT2D eigenvalue weighted by Crippen LogP contribution is 2.45. The molecule has 2 atom stereocenters. The van der Waals surface area contributed by atoms with Crippen LogP contribution in [-0.4, -0.2) is 61.2 Å². The van der Waals surface area contributed by atoms with Crippen LogP contribution >= 0.6 is 0 Å². The zero-order valence-corrected chi connectivity index (χ0v) is 12.6. The van der Waals surface area contributed by atoms with Crippen molar-refractivity contribution in [2.75, 3.05) is 34.3 Å². The Kier molecular flexibility index (Phi) is 2.60. The van der Waals surface area contributed by atoms with Gasteiger partial charge in [-0.25, -0.2) is 0 Å². The zero-order chi connectivity index (χ0) is 23.7. The van der Waals surface area contributed by atoms with E-state index in [9.17, 15) is 15.0 Å². The molecule has 0 bridgehead atoms. The summed E-state index contributed by atoms with van der Waals surface area (Å²) in [6, 6.07) is 1.01. The van der Waals surface area contributed by atoms with Gasteiger partial charge in [-0.1, -0.05) is 0 Å². The highest BCUT2D eigenvalue weighted by molar-refractivity contribution is 6.00. The van der Waals surface area contributed by atoms with Gasteiger partial charge >= 0.3 is 0 Å². The number of ketones is 1. The third-order valence-electron chi connectivity index (χ3n) is 3.13. The first-order valence-electron chi connectivity index (χ1n) is 10.3. The number of piperidine rings is 1. The lowest BCUT2D eigenvalue weighted by atomic mass is 9.84. The molecule has 1 aliphatic heterocycles. The molecule has 0 aliphatic carbocycles. The monoisotopic (exact) mass is 317 g/mol. The predicted octanol–water partition coefficient (Wildman–Crippen LogP) is 1.39. The Balaban J connectivity index is 3.13. The molecule has 0 radical (unpaired) electrons. The van der Waals surface area contributed by atoms with Crippen molar-refractivity contribution in [2.24, 2.45) is 0 Å². The Morgan fingerprint density at radius 3 is 2.64 bits per heavy atom. The summed E-state index contributed by atoms with van der Waals surface area (Å²) in [7, 11) is 3.05. The number of likely N-dealkylation sites (N-methyl/N-ethyl adjacent to an activating group) is 1. The van der Waals surface area contributed by atoms with Crippen molar-refractivity contribution in [2.45, 2.75) is 25.3 Å². The molecule has 2 N–H and O–H groups in total. The first-order valence-corrected chi connectivity index (χ1v) is 6.35. The molecule has 0 spiro atoms. The number of ether oxygens (including phenoxy) is 2. The number of hydrogen-bond donors (Lipinski definition) is 2. The van der Waals surface area contributed by atoms with Gasteiger partial charge < -0.3 is 24.6 Å². The second-order valence-corrected chi connectivity index (χ2v) is 4.57. The molecule has 122 valence electrons. The number of aromatic hydroxyl groups is 1. The normalized spacial score (nSPS) is 41.3. The standard InChI is InChI=1S/C16H23NO5/c1-9(18)14-12(21-3)7-13(22-4)15(16(14)20)10-5-6-17(2)8-11(10)19/h7,10-11,19-20H,5-6,8H2,1-4H3/i5D2,6D2,8D2,10D,11D. The van der Waals surface area contributed by atoms with Gasteiger partial charge in [0.15, 0.2) is 5.78 Å². The number of benzene rings is 1. The first kappa shape index (κ1) is 8.74. The second kappa shape index (κ2) is 6.54. The lowest BCUT2D eigenvalue weighted by Crippen LogP contribution is -2.40. The number of rotatable bonds is 4. The molecule has 1 fully saturated rings. The number of aliphatic hydroxyl groups is 1. The fourth-order valence-electron chi connectivity index (χ4n) is 2.15. The lowest BCUT2D eigenvalue weighted by molar-refractivity contribution is 0.0618. The molecular weight excluding hydrogens is 286 g/mol. The molecule has 22 heavy (non-hydrogen) atoms. The van der Waals surface area contributed by atoms with Crippen molar-refractivity contribution >= 4 is 5.78 Å². The maximum atomic E-state index is 12.1. The van der Waals surface area contributed by atoms with Crippen LogP contribution in [0.15, 0.2) is 6.07 Å². The molecule has 6 heteroatoms. The van der Waals surface area contributed by atoms with Gasteiger partial charge in [0.1, 0.15) is 22.8 Å². The number of β-amino-alcohol motifs (C(OH)–C–C–N with tert-alkyl or cyclic N) is 1. The third kappa shape index (κ3) is 2.89. The second-order valence-electron chi connectivity index (χ2n) is 4.57. The minimum Gasteiger partial charge on any atom is -0.507 e. The van der Waals surface area contributed by atoms with Crippen molar-refractivity contribution < 1.29 is 35.4 Å². The van der Waals surface area contributed by atoms with Gasteiger partial charge in [-0.05, 0) is 26.8 Å².